The van der Waals surface area contributed by atoms with Gasteiger partial charge in [0.1, 0.15) is 23.3 Å². The quantitative estimate of drug-likeness (QED) is 0.634. The molecule has 6 nitrogen and oxygen atoms in total. The van der Waals surface area contributed by atoms with Crippen LogP contribution in [0.4, 0.5) is 0 Å². The Kier molecular flexibility index (Phi) is 5.38. The standard InChI is InChI=1S/C29H41N3O3/c1-27(34)13-14-28(2)18(16-27)5-7-20-21-8-9-23(29(21,3)12-11-22(20)28)26(33)17-32-30-24-10-6-19(35-4)15-25(24)31-32/h6,10,15,18,20-23,34H,5,7-9,11-14,16-17H2,1-4H3/t18-,20-,21-,22-,23+,27+,28-,29-/m0/s1. The lowest BCUT2D eigenvalue weighted by atomic mass is 9.44. The summed E-state index contributed by atoms with van der Waals surface area (Å²) in [4.78, 5) is 15.2. The lowest BCUT2D eigenvalue weighted by Crippen LogP contribution is -2.55. The first kappa shape index (κ1) is 23.4. The van der Waals surface area contributed by atoms with E-state index in [9.17, 15) is 9.90 Å². The van der Waals surface area contributed by atoms with Gasteiger partial charge in [0.05, 0.1) is 12.7 Å². The predicted molar refractivity (Wildman–Crippen MR) is 135 cm³/mol. The largest absolute Gasteiger partial charge is 0.497 e. The molecule has 0 radical (unpaired) electrons. The number of hydrogen-bond acceptors (Lipinski definition) is 5. The van der Waals surface area contributed by atoms with Crippen LogP contribution in [0.25, 0.3) is 11.0 Å². The normalized spacial score (nSPS) is 42.8. The van der Waals surface area contributed by atoms with E-state index >= 15 is 0 Å². The average molecular weight is 480 g/mol. The summed E-state index contributed by atoms with van der Waals surface area (Å²) in [6.07, 6.45) is 10.1. The second-order valence-electron chi connectivity index (χ2n) is 13.1. The Morgan fingerprint density at radius 3 is 2.57 bits per heavy atom. The van der Waals surface area contributed by atoms with Crippen molar-refractivity contribution in [1.29, 1.82) is 0 Å². The van der Waals surface area contributed by atoms with E-state index in [4.69, 9.17) is 4.74 Å². The lowest BCUT2D eigenvalue weighted by Gasteiger charge is -2.61. The highest BCUT2D eigenvalue weighted by Crippen LogP contribution is 2.68. The molecule has 4 aliphatic carbocycles. The van der Waals surface area contributed by atoms with Gasteiger partial charge in [-0.25, -0.2) is 0 Å². The minimum Gasteiger partial charge on any atom is -0.497 e. The van der Waals surface area contributed by atoms with Crippen LogP contribution in [0.3, 0.4) is 0 Å². The van der Waals surface area contributed by atoms with Crippen LogP contribution in [0, 0.1) is 40.4 Å². The van der Waals surface area contributed by atoms with Crippen LogP contribution < -0.4 is 4.74 Å². The fraction of sp³-hybridized carbons (Fsp3) is 0.759. The van der Waals surface area contributed by atoms with Gasteiger partial charge in [0.2, 0.25) is 0 Å². The van der Waals surface area contributed by atoms with E-state index < -0.39 is 5.60 Å². The van der Waals surface area contributed by atoms with E-state index in [2.05, 4.69) is 24.0 Å². The maximum absolute atomic E-state index is 13.6. The van der Waals surface area contributed by atoms with Crippen molar-refractivity contribution >= 4 is 16.8 Å². The maximum Gasteiger partial charge on any atom is 0.159 e. The summed E-state index contributed by atoms with van der Waals surface area (Å²) in [6, 6.07) is 5.66. The van der Waals surface area contributed by atoms with E-state index in [1.165, 1.54) is 25.7 Å². The number of ketones is 1. The highest BCUT2D eigenvalue weighted by molar-refractivity contribution is 5.82. The molecule has 190 valence electrons. The predicted octanol–water partition coefficient (Wildman–Crippen LogP) is 5.42. The number of aliphatic hydroxyl groups is 1. The highest BCUT2D eigenvalue weighted by atomic mass is 16.5. The lowest BCUT2D eigenvalue weighted by molar-refractivity contribution is -0.151. The molecular weight excluding hydrogens is 438 g/mol. The molecule has 1 aromatic heterocycles. The van der Waals surface area contributed by atoms with Crippen LogP contribution in [-0.2, 0) is 11.3 Å². The molecule has 4 fully saturated rings. The third-order valence-corrected chi connectivity index (χ3v) is 11.3. The fourth-order valence-corrected chi connectivity index (χ4v) is 9.35. The first-order chi connectivity index (χ1) is 16.6. The molecule has 1 N–H and O–H groups in total. The van der Waals surface area contributed by atoms with Crippen LogP contribution >= 0.6 is 0 Å². The van der Waals surface area contributed by atoms with Gasteiger partial charge in [0.15, 0.2) is 5.78 Å². The van der Waals surface area contributed by atoms with Crippen molar-refractivity contribution in [3.05, 3.63) is 18.2 Å². The number of carbonyl (C=O) groups is 1. The molecule has 4 aliphatic rings. The SMILES string of the molecule is COc1ccc2nn(CC(=O)[C@H]3CC[C@H]4[C@@H]5CC[C@H]6C[C@](C)(O)CC[C@]6(C)[C@H]5CC[C@]34C)nc2c1. The topological polar surface area (TPSA) is 77.2 Å². The van der Waals surface area contributed by atoms with Gasteiger partial charge >= 0.3 is 0 Å². The number of nitrogens with zero attached hydrogens (tertiary/aromatic N) is 3. The third kappa shape index (κ3) is 3.65. The van der Waals surface area contributed by atoms with Crippen molar-refractivity contribution in [3.8, 4) is 5.75 Å². The number of aromatic nitrogens is 3. The molecule has 0 spiro atoms. The van der Waals surface area contributed by atoms with Crippen molar-refractivity contribution in [1.82, 2.24) is 15.0 Å². The first-order valence-electron chi connectivity index (χ1n) is 13.8. The number of ether oxygens (including phenoxy) is 1. The molecule has 35 heavy (non-hydrogen) atoms. The summed E-state index contributed by atoms with van der Waals surface area (Å²) >= 11 is 0. The summed E-state index contributed by atoms with van der Waals surface area (Å²) in [5, 5.41) is 19.9. The molecule has 0 aliphatic heterocycles. The molecule has 6 rings (SSSR count). The summed E-state index contributed by atoms with van der Waals surface area (Å²) in [5.41, 5.74) is 1.53. The minimum absolute atomic E-state index is 0.0946. The van der Waals surface area contributed by atoms with Gasteiger partial charge in [0, 0.05) is 12.0 Å². The Morgan fingerprint density at radius 1 is 1.00 bits per heavy atom. The summed E-state index contributed by atoms with van der Waals surface area (Å²) < 4.78 is 5.30. The highest BCUT2D eigenvalue weighted by Gasteiger charge is 2.61. The van der Waals surface area contributed by atoms with Crippen LogP contribution in [-0.4, -0.2) is 38.6 Å². The van der Waals surface area contributed by atoms with E-state index in [0.717, 1.165) is 60.7 Å². The Morgan fingerprint density at radius 2 is 1.77 bits per heavy atom. The first-order valence-corrected chi connectivity index (χ1v) is 13.8. The minimum atomic E-state index is -0.485. The summed E-state index contributed by atoms with van der Waals surface area (Å²) in [5.74, 6) is 3.93. The zero-order chi connectivity index (χ0) is 24.6. The van der Waals surface area contributed by atoms with Gasteiger partial charge < -0.3 is 9.84 Å². The number of rotatable bonds is 4. The Bertz CT molecular complexity index is 1140. The zero-order valence-electron chi connectivity index (χ0n) is 21.8. The second-order valence-corrected chi connectivity index (χ2v) is 13.1. The Hall–Kier alpha value is -1.95. The number of hydrogen-bond donors (Lipinski definition) is 1. The van der Waals surface area contributed by atoms with Crippen molar-refractivity contribution in [3.63, 3.8) is 0 Å². The van der Waals surface area contributed by atoms with Gasteiger partial charge in [0.25, 0.3) is 0 Å². The molecule has 6 heteroatoms. The molecule has 2 aromatic rings. The molecule has 0 bridgehead atoms. The summed E-state index contributed by atoms with van der Waals surface area (Å²) in [7, 11) is 1.64. The number of methoxy groups -OCH3 is 1. The summed E-state index contributed by atoms with van der Waals surface area (Å²) in [6.45, 7) is 7.25. The zero-order valence-corrected chi connectivity index (χ0v) is 21.8. The molecule has 1 aromatic carbocycles. The fourth-order valence-electron chi connectivity index (χ4n) is 9.35. The molecule has 8 atom stereocenters. The molecule has 1 heterocycles. The second kappa shape index (κ2) is 8.03. The van der Waals surface area contributed by atoms with Gasteiger partial charge in [-0.15, -0.1) is 0 Å². The number of carbonyl (C=O) groups excluding carboxylic acids is 1. The van der Waals surface area contributed by atoms with Gasteiger partial charge in [-0.05, 0) is 111 Å². The molecule has 0 amide bonds. The van der Waals surface area contributed by atoms with Crippen LogP contribution in [0.1, 0.15) is 78.6 Å². The van der Waals surface area contributed by atoms with Crippen molar-refractivity contribution in [2.24, 2.45) is 40.4 Å². The molecular formula is C29H41N3O3. The van der Waals surface area contributed by atoms with Crippen molar-refractivity contribution in [2.45, 2.75) is 90.7 Å². The van der Waals surface area contributed by atoms with Crippen molar-refractivity contribution in [2.75, 3.05) is 7.11 Å². The monoisotopic (exact) mass is 479 g/mol. The van der Waals surface area contributed by atoms with E-state index in [0.29, 0.717) is 23.0 Å². The molecule has 4 saturated carbocycles. The Labute approximate surface area is 208 Å². The molecule has 0 saturated heterocycles. The van der Waals surface area contributed by atoms with Crippen LogP contribution in [0.15, 0.2) is 18.2 Å². The van der Waals surface area contributed by atoms with E-state index in [1.807, 2.05) is 25.1 Å². The van der Waals surface area contributed by atoms with Gasteiger partial charge in [-0.3, -0.25) is 4.79 Å². The molecule has 0 unspecified atom stereocenters. The van der Waals surface area contributed by atoms with Crippen LogP contribution in [0.2, 0.25) is 0 Å². The van der Waals surface area contributed by atoms with Gasteiger partial charge in [-0.2, -0.15) is 15.0 Å². The third-order valence-electron chi connectivity index (χ3n) is 11.3. The van der Waals surface area contributed by atoms with E-state index in [1.54, 1.807) is 11.9 Å². The van der Waals surface area contributed by atoms with E-state index in [-0.39, 0.29) is 17.9 Å². The number of Topliss-reactive ketones (excluding diaryl/α,β-unsaturated/α-hetero) is 1. The average Bonchev–Trinajstić information content (AvgIpc) is 3.38. The number of fused-ring (bicyclic) bond motifs is 6. The smallest absolute Gasteiger partial charge is 0.159 e. The van der Waals surface area contributed by atoms with Gasteiger partial charge in [-0.1, -0.05) is 13.8 Å². The van der Waals surface area contributed by atoms with Crippen LogP contribution in [0.5, 0.6) is 5.75 Å². The maximum atomic E-state index is 13.6. The Balaban J connectivity index is 1.19. The number of benzene rings is 1. The van der Waals surface area contributed by atoms with Crippen molar-refractivity contribution < 1.29 is 14.6 Å².